The summed E-state index contributed by atoms with van der Waals surface area (Å²) in [6, 6.07) is 7.52. The molecule has 1 aliphatic rings. The highest BCUT2D eigenvalue weighted by Crippen LogP contribution is 2.16. The third-order valence-corrected chi connectivity index (χ3v) is 5.60. The third kappa shape index (κ3) is 4.93. The van der Waals surface area contributed by atoms with E-state index in [1.807, 2.05) is 28.8 Å². The number of unbranched alkanes of at least 4 members (excludes halogenated alkanes) is 2. The van der Waals surface area contributed by atoms with Crippen LogP contribution >= 0.6 is 0 Å². The Labute approximate surface area is 175 Å². The van der Waals surface area contributed by atoms with Crippen molar-refractivity contribution in [3.63, 3.8) is 0 Å². The summed E-state index contributed by atoms with van der Waals surface area (Å²) < 4.78 is 3.31. The number of nitrogens with one attached hydrogen (secondary N) is 1. The minimum atomic E-state index is -0.189. The summed E-state index contributed by atoms with van der Waals surface area (Å²) in [5.74, 6) is 0.796. The molecule has 8 heteroatoms. The number of fused-ring (bicyclic) bond motifs is 2. The average Bonchev–Trinajstić information content (AvgIpc) is 3.02. The molecule has 3 aromatic rings. The van der Waals surface area contributed by atoms with Crippen LogP contribution in [0, 0.1) is 0 Å². The van der Waals surface area contributed by atoms with Gasteiger partial charge in [-0.05, 0) is 56.2 Å². The number of nitrogens with zero attached hydrogens (tertiary/aromatic N) is 5. The molecule has 3 heterocycles. The Morgan fingerprint density at radius 1 is 1.07 bits per heavy atom. The van der Waals surface area contributed by atoms with Crippen LogP contribution in [0.15, 0.2) is 35.3 Å². The van der Waals surface area contributed by atoms with Gasteiger partial charge in [-0.25, -0.2) is 4.68 Å². The van der Waals surface area contributed by atoms with Crippen molar-refractivity contribution in [2.45, 2.75) is 64.3 Å². The maximum absolute atomic E-state index is 12.3. The fourth-order valence-electron chi connectivity index (χ4n) is 3.96. The molecule has 0 saturated heterocycles. The molecule has 1 amide bonds. The van der Waals surface area contributed by atoms with Gasteiger partial charge < -0.3 is 5.32 Å². The summed E-state index contributed by atoms with van der Waals surface area (Å²) in [6.07, 6.45) is 10.8. The molecule has 0 radical (unpaired) electrons. The zero-order chi connectivity index (χ0) is 20.8. The number of hydrogen-bond donors (Lipinski definition) is 1. The molecular weight excluding hydrogens is 380 g/mol. The molecule has 8 nitrogen and oxygen atoms in total. The maximum Gasteiger partial charge on any atom is 0.267 e. The smallest absolute Gasteiger partial charge is 0.267 e. The monoisotopic (exact) mass is 408 g/mol. The van der Waals surface area contributed by atoms with E-state index in [2.05, 4.69) is 20.6 Å². The fraction of sp³-hybridized carbons (Fsp3) is 0.500. The molecule has 4 rings (SSSR count). The van der Waals surface area contributed by atoms with Crippen LogP contribution < -0.4 is 10.9 Å². The Balaban J connectivity index is 1.19. The number of carbonyl (C=O) groups excluding carboxylic acids is 1. The Morgan fingerprint density at radius 3 is 2.90 bits per heavy atom. The second-order valence-electron chi connectivity index (χ2n) is 7.88. The van der Waals surface area contributed by atoms with Crippen molar-refractivity contribution in [3.05, 3.63) is 57.9 Å². The van der Waals surface area contributed by atoms with Crippen molar-refractivity contribution >= 4 is 11.6 Å². The second-order valence-corrected chi connectivity index (χ2v) is 7.88. The van der Waals surface area contributed by atoms with E-state index in [9.17, 15) is 9.59 Å². The van der Waals surface area contributed by atoms with Crippen LogP contribution in [-0.4, -0.2) is 36.8 Å². The van der Waals surface area contributed by atoms with E-state index in [1.165, 1.54) is 11.1 Å². The van der Waals surface area contributed by atoms with E-state index in [4.69, 9.17) is 0 Å². The van der Waals surface area contributed by atoms with Gasteiger partial charge in [0, 0.05) is 25.2 Å². The lowest BCUT2D eigenvalue weighted by atomic mass is 10.1. The minimum Gasteiger partial charge on any atom is -0.354 e. The fourth-order valence-corrected chi connectivity index (χ4v) is 3.96. The van der Waals surface area contributed by atoms with Gasteiger partial charge in [-0.2, -0.15) is 5.10 Å². The van der Waals surface area contributed by atoms with Crippen LogP contribution in [0.4, 0.5) is 0 Å². The lowest BCUT2D eigenvalue weighted by molar-refractivity contribution is -0.121. The molecule has 0 bridgehead atoms. The second kappa shape index (κ2) is 9.65. The maximum atomic E-state index is 12.3. The molecule has 0 aromatic carbocycles. The first kappa shape index (κ1) is 20.3. The third-order valence-electron chi connectivity index (χ3n) is 5.60. The van der Waals surface area contributed by atoms with Gasteiger partial charge in [0.15, 0.2) is 5.65 Å². The first-order valence-electron chi connectivity index (χ1n) is 10.9. The van der Waals surface area contributed by atoms with E-state index in [0.717, 1.165) is 74.1 Å². The molecular formula is C22H28N6O2. The number of rotatable bonds is 8. The van der Waals surface area contributed by atoms with E-state index >= 15 is 0 Å². The molecule has 0 spiro atoms. The van der Waals surface area contributed by atoms with Crippen LogP contribution in [0.1, 0.15) is 55.6 Å². The van der Waals surface area contributed by atoms with Crippen molar-refractivity contribution in [2.75, 3.05) is 6.54 Å². The zero-order valence-electron chi connectivity index (χ0n) is 17.2. The molecule has 0 atom stereocenters. The lowest BCUT2D eigenvalue weighted by Crippen LogP contribution is -2.34. The first-order chi connectivity index (χ1) is 14.7. The molecule has 0 aliphatic heterocycles. The van der Waals surface area contributed by atoms with Gasteiger partial charge >= 0.3 is 0 Å². The van der Waals surface area contributed by atoms with Crippen LogP contribution in [-0.2, 0) is 30.6 Å². The molecule has 0 saturated carbocycles. The molecule has 0 unspecified atom stereocenters. The van der Waals surface area contributed by atoms with E-state index < -0.39 is 0 Å². The van der Waals surface area contributed by atoms with Gasteiger partial charge in [-0.1, -0.05) is 18.9 Å². The number of hydrogen-bond acceptors (Lipinski definition) is 5. The Kier molecular flexibility index (Phi) is 6.51. The summed E-state index contributed by atoms with van der Waals surface area (Å²) in [7, 11) is 0. The molecule has 158 valence electrons. The summed E-state index contributed by atoms with van der Waals surface area (Å²) >= 11 is 0. The Bertz CT molecular complexity index is 1070. The highest BCUT2D eigenvalue weighted by Gasteiger charge is 2.13. The van der Waals surface area contributed by atoms with Crippen molar-refractivity contribution in [1.82, 2.24) is 29.7 Å². The number of pyridine rings is 1. The molecule has 1 aliphatic carbocycles. The predicted molar refractivity (Wildman–Crippen MR) is 113 cm³/mol. The number of amides is 1. The number of aryl methyl sites for hydroxylation is 3. The zero-order valence-corrected chi connectivity index (χ0v) is 17.2. The SMILES string of the molecule is O=C(Cn1nc2c(cc1=O)CCCCC2)NCCCCCc1nnc2ccccn12. The molecule has 30 heavy (non-hydrogen) atoms. The quantitative estimate of drug-likeness (QED) is 0.455. The van der Waals surface area contributed by atoms with Gasteiger partial charge in [-0.3, -0.25) is 14.0 Å². The van der Waals surface area contributed by atoms with Gasteiger partial charge in [0.2, 0.25) is 5.91 Å². The van der Waals surface area contributed by atoms with E-state index in [-0.39, 0.29) is 18.0 Å². The first-order valence-corrected chi connectivity index (χ1v) is 10.9. The lowest BCUT2D eigenvalue weighted by Gasteiger charge is -2.10. The summed E-state index contributed by atoms with van der Waals surface area (Å²) in [5.41, 5.74) is 2.70. The van der Waals surface area contributed by atoms with E-state index in [1.54, 1.807) is 6.07 Å². The van der Waals surface area contributed by atoms with Crippen LogP contribution in [0.2, 0.25) is 0 Å². The Hall–Kier alpha value is -3.03. The minimum absolute atomic E-state index is 0.0160. The standard InChI is InChI=1S/C22H28N6O2/c29-21(16-28-22(30)15-17-9-3-1-4-10-18(17)26-28)23-13-7-2-5-11-19-24-25-20-12-6-8-14-27(19)20/h6,8,12,14-15H,1-5,7,9-11,13,16H2,(H,23,29). The van der Waals surface area contributed by atoms with Gasteiger partial charge in [0.25, 0.3) is 5.56 Å². The Morgan fingerprint density at radius 2 is 1.97 bits per heavy atom. The predicted octanol–water partition coefficient (Wildman–Crippen LogP) is 2.08. The van der Waals surface area contributed by atoms with Crippen LogP contribution in [0.3, 0.4) is 0 Å². The van der Waals surface area contributed by atoms with Crippen LogP contribution in [0.25, 0.3) is 5.65 Å². The van der Waals surface area contributed by atoms with Crippen molar-refractivity contribution in [1.29, 1.82) is 0 Å². The normalized spacial score (nSPS) is 13.7. The van der Waals surface area contributed by atoms with Crippen LogP contribution in [0.5, 0.6) is 0 Å². The van der Waals surface area contributed by atoms with Gasteiger partial charge in [0.1, 0.15) is 12.4 Å². The number of aromatic nitrogens is 5. The highest BCUT2D eigenvalue weighted by molar-refractivity contribution is 5.75. The van der Waals surface area contributed by atoms with E-state index in [0.29, 0.717) is 6.54 Å². The largest absolute Gasteiger partial charge is 0.354 e. The summed E-state index contributed by atoms with van der Waals surface area (Å²) in [5, 5.41) is 15.7. The molecule has 1 N–H and O–H groups in total. The summed E-state index contributed by atoms with van der Waals surface area (Å²) in [6.45, 7) is 0.580. The van der Waals surface area contributed by atoms with Gasteiger partial charge in [-0.15, -0.1) is 10.2 Å². The van der Waals surface area contributed by atoms with Crippen molar-refractivity contribution in [3.8, 4) is 0 Å². The topological polar surface area (TPSA) is 94.2 Å². The highest BCUT2D eigenvalue weighted by atomic mass is 16.2. The number of carbonyl (C=O) groups is 1. The van der Waals surface area contributed by atoms with Crippen molar-refractivity contribution in [2.24, 2.45) is 0 Å². The van der Waals surface area contributed by atoms with Gasteiger partial charge in [0.05, 0.1) is 5.69 Å². The molecule has 3 aromatic heterocycles. The van der Waals surface area contributed by atoms with Crippen molar-refractivity contribution < 1.29 is 4.79 Å². The molecule has 0 fully saturated rings. The average molecular weight is 409 g/mol. The summed E-state index contributed by atoms with van der Waals surface area (Å²) in [4.78, 5) is 24.5.